The van der Waals surface area contributed by atoms with Crippen LogP contribution >= 0.6 is 0 Å². The van der Waals surface area contributed by atoms with Gasteiger partial charge in [0.2, 0.25) is 0 Å². The zero-order valence-electron chi connectivity index (χ0n) is 6.93. The highest BCUT2D eigenvalue weighted by atomic mass is 19.1. The summed E-state index contributed by atoms with van der Waals surface area (Å²) in [5.41, 5.74) is 5.41. The third-order valence-corrected chi connectivity index (χ3v) is 2.20. The van der Waals surface area contributed by atoms with E-state index in [1.165, 1.54) is 0 Å². The normalized spacial score (nSPS) is 28.4. The molecule has 1 rings (SSSR count). The number of rotatable bonds is 2. The number of alkyl halides is 1. The summed E-state index contributed by atoms with van der Waals surface area (Å²) in [6.45, 7) is 3.53. The van der Waals surface area contributed by atoms with Crippen LogP contribution in [-0.4, -0.2) is 37.3 Å². The Hall–Kier alpha value is -0.150. The van der Waals surface area contributed by atoms with Crippen LogP contribution in [0.1, 0.15) is 19.3 Å². The second kappa shape index (κ2) is 4.67. The van der Waals surface area contributed by atoms with Crippen LogP contribution in [0.5, 0.6) is 0 Å². The average Bonchev–Trinajstić information content (AvgIpc) is 2.17. The maximum absolute atomic E-state index is 12.8. The average molecular weight is 160 g/mol. The molecule has 11 heavy (non-hydrogen) atoms. The molecule has 0 saturated carbocycles. The molecule has 0 radical (unpaired) electrons. The van der Waals surface area contributed by atoms with Gasteiger partial charge in [-0.3, -0.25) is 0 Å². The summed E-state index contributed by atoms with van der Waals surface area (Å²) in [5.74, 6) is 0. The second-order valence-corrected chi connectivity index (χ2v) is 3.16. The van der Waals surface area contributed by atoms with Gasteiger partial charge in [0.15, 0.2) is 0 Å². The van der Waals surface area contributed by atoms with E-state index in [2.05, 4.69) is 4.90 Å². The van der Waals surface area contributed by atoms with E-state index in [4.69, 9.17) is 5.73 Å². The first kappa shape index (κ1) is 8.94. The molecular weight excluding hydrogens is 143 g/mol. The van der Waals surface area contributed by atoms with E-state index in [0.717, 1.165) is 32.5 Å². The number of likely N-dealkylation sites (tertiary alicyclic amines) is 1. The molecular formula is C8H17FN2. The molecule has 0 aromatic heterocycles. The molecule has 66 valence electrons. The minimum atomic E-state index is -0.572. The van der Waals surface area contributed by atoms with Crippen molar-refractivity contribution < 1.29 is 4.39 Å². The first-order valence-corrected chi connectivity index (χ1v) is 4.39. The molecule has 0 bridgehead atoms. The SMILES string of the molecule is NCCN1CCCC(F)CC1. The van der Waals surface area contributed by atoms with E-state index in [-0.39, 0.29) is 0 Å². The fourth-order valence-corrected chi connectivity index (χ4v) is 1.52. The highest BCUT2D eigenvalue weighted by molar-refractivity contribution is 4.68. The number of halogens is 1. The number of nitrogens with zero attached hydrogens (tertiary/aromatic N) is 1. The first-order chi connectivity index (χ1) is 5.33. The molecule has 1 aliphatic heterocycles. The van der Waals surface area contributed by atoms with Crippen LogP contribution in [0.4, 0.5) is 4.39 Å². The lowest BCUT2D eigenvalue weighted by Crippen LogP contribution is -2.30. The molecule has 0 amide bonds. The van der Waals surface area contributed by atoms with E-state index in [1.54, 1.807) is 0 Å². The monoisotopic (exact) mass is 160 g/mol. The number of hydrogen-bond donors (Lipinski definition) is 1. The fourth-order valence-electron chi connectivity index (χ4n) is 1.52. The van der Waals surface area contributed by atoms with Gasteiger partial charge in [-0.1, -0.05) is 0 Å². The van der Waals surface area contributed by atoms with Crippen molar-refractivity contribution in [1.82, 2.24) is 4.90 Å². The molecule has 1 fully saturated rings. The van der Waals surface area contributed by atoms with E-state index >= 15 is 0 Å². The molecule has 1 atom stereocenters. The molecule has 2 nitrogen and oxygen atoms in total. The van der Waals surface area contributed by atoms with Gasteiger partial charge in [0.05, 0.1) is 0 Å². The lowest BCUT2D eigenvalue weighted by Gasteiger charge is -2.17. The summed E-state index contributed by atoms with van der Waals surface area (Å²) >= 11 is 0. The van der Waals surface area contributed by atoms with Crippen LogP contribution in [0.2, 0.25) is 0 Å². The van der Waals surface area contributed by atoms with Crippen LogP contribution in [0, 0.1) is 0 Å². The molecule has 0 aromatic carbocycles. The van der Waals surface area contributed by atoms with Crippen LogP contribution in [-0.2, 0) is 0 Å². The Morgan fingerprint density at radius 2 is 2.18 bits per heavy atom. The van der Waals surface area contributed by atoms with Gasteiger partial charge in [-0.25, -0.2) is 4.39 Å². The van der Waals surface area contributed by atoms with Crippen molar-refractivity contribution in [2.45, 2.75) is 25.4 Å². The molecule has 1 unspecified atom stereocenters. The van der Waals surface area contributed by atoms with Gasteiger partial charge in [-0.2, -0.15) is 0 Å². The lowest BCUT2D eigenvalue weighted by molar-refractivity contribution is 0.268. The predicted octanol–water partition coefficient (Wildman–Crippen LogP) is 0.769. The van der Waals surface area contributed by atoms with Crippen LogP contribution in [0.15, 0.2) is 0 Å². The third kappa shape index (κ3) is 3.16. The fraction of sp³-hybridized carbons (Fsp3) is 1.00. The van der Waals surface area contributed by atoms with Gasteiger partial charge < -0.3 is 10.6 Å². The second-order valence-electron chi connectivity index (χ2n) is 3.16. The van der Waals surface area contributed by atoms with E-state index < -0.39 is 6.17 Å². The molecule has 1 aliphatic rings. The number of hydrogen-bond acceptors (Lipinski definition) is 2. The minimum absolute atomic E-state index is 0.572. The van der Waals surface area contributed by atoms with Crippen molar-refractivity contribution in [3.63, 3.8) is 0 Å². The van der Waals surface area contributed by atoms with E-state index in [9.17, 15) is 4.39 Å². The molecule has 3 heteroatoms. The van der Waals surface area contributed by atoms with Crippen molar-refractivity contribution in [3.8, 4) is 0 Å². The molecule has 1 heterocycles. The summed E-state index contributed by atoms with van der Waals surface area (Å²) in [5, 5.41) is 0. The number of nitrogens with two attached hydrogens (primary N) is 1. The Balaban J connectivity index is 2.22. The zero-order valence-corrected chi connectivity index (χ0v) is 6.93. The van der Waals surface area contributed by atoms with Gasteiger partial charge in [-0.05, 0) is 25.8 Å². The van der Waals surface area contributed by atoms with Crippen molar-refractivity contribution in [2.75, 3.05) is 26.2 Å². The third-order valence-electron chi connectivity index (χ3n) is 2.20. The van der Waals surface area contributed by atoms with Gasteiger partial charge in [0, 0.05) is 19.6 Å². The lowest BCUT2D eigenvalue weighted by atomic mass is 10.2. The maximum Gasteiger partial charge on any atom is 0.101 e. The summed E-state index contributed by atoms with van der Waals surface area (Å²) in [6.07, 6.45) is 1.85. The standard InChI is InChI=1S/C8H17FN2/c9-8-2-1-5-11(6-3-8)7-4-10/h8H,1-7,10H2. The van der Waals surface area contributed by atoms with Gasteiger partial charge in [-0.15, -0.1) is 0 Å². The zero-order chi connectivity index (χ0) is 8.10. The summed E-state index contributed by atoms with van der Waals surface area (Å²) in [6, 6.07) is 0. The smallest absolute Gasteiger partial charge is 0.101 e. The van der Waals surface area contributed by atoms with Crippen LogP contribution in [0.25, 0.3) is 0 Å². The summed E-state index contributed by atoms with van der Waals surface area (Å²) in [7, 11) is 0. The van der Waals surface area contributed by atoms with Gasteiger partial charge in [0.1, 0.15) is 6.17 Å². The Morgan fingerprint density at radius 1 is 1.36 bits per heavy atom. The molecule has 1 saturated heterocycles. The Labute approximate surface area is 67.6 Å². The van der Waals surface area contributed by atoms with Gasteiger partial charge >= 0.3 is 0 Å². The van der Waals surface area contributed by atoms with E-state index in [1.807, 2.05) is 0 Å². The Morgan fingerprint density at radius 3 is 2.91 bits per heavy atom. The van der Waals surface area contributed by atoms with Crippen molar-refractivity contribution >= 4 is 0 Å². The molecule has 2 N–H and O–H groups in total. The van der Waals surface area contributed by atoms with Gasteiger partial charge in [0.25, 0.3) is 0 Å². The summed E-state index contributed by atoms with van der Waals surface area (Å²) < 4.78 is 12.8. The van der Waals surface area contributed by atoms with Crippen LogP contribution in [0.3, 0.4) is 0 Å². The first-order valence-electron chi connectivity index (χ1n) is 4.39. The van der Waals surface area contributed by atoms with Crippen molar-refractivity contribution in [1.29, 1.82) is 0 Å². The Kier molecular flexibility index (Phi) is 3.80. The largest absolute Gasteiger partial charge is 0.329 e. The molecule has 0 aliphatic carbocycles. The quantitative estimate of drug-likeness (QED) is 0.646. The highest BCUT2D eigenvalue weighted by Crippen LogP contribution is 2.12. The van der Waals surface area contributed by atoms with Crippen molar-refractivity contribution in [3.05, 3.63) is 0 Å². The predicted molar refractivity (Wildman–Crippen MR) is 44.2 cm³/mol. The van der Waals surface area contributed by atoms with Crippen LogP contribution < -0.4 is 5.73 Å². The molecule has 0 spiro atoms. The minimum Gasteiger partial charge on any atom is -0.329 e. The molecule has 0 aromatic rings. The Bertz CT molecular complexity index is 108. The highest BCUT2D eigenvalue weighted by Gasteiger charge is 2.14. The topological polar surface area (TPSA) is 29.3 Å². The van der Waals surface area contributed by atoms with E-state index in [0.29, 0.717) is 13.0 Å². The maximum atomic E-state index is 12.8. The summed E-state index contributed by atoms with van der Waals surface area (Å²) in [4.78, 5) is 2.25. The van der Waals surface area contributed by atoms with Crippen molar-refractivity contribution in [2.24, 2.45) is 5.73 Å².